The molecule has 0 unspecified atom stereocenters. The standard InChI is InChI=1S/C32H34Cl2N4O/c1-24-27(22-30(26-12-6-3-7-13-26)38(24)23-25-10-4-2-5-11-25)32(39)35-16-9-17-36-18-20-37(21-19-36)29-15-8-14-28(33)31(29)34/h2-8,10-15,22H,9,16-21,23H2,1H3,(H,35,39). The van der Waals surface area contributed by atoms with Gasteiger partial charge in [-0.15, -0.1) is 0 Å². The number of aromatic nitrogens is 1. The summed E-state index contributed by atoms with van der Waals surface area (Å²) in [5, 5.41) is 4.38. The minimum Gasteiger partial charge on any atom is -0.368 e. The molecule has 39 heavy (non-hydrogen) atoms. The zero-order valence-electron chi connectivity index (χ0n) is 22.2. The molecule has 3 aromatic carbocycles. The van der Waals surface area contributed by atoms with E-state index in [1.807, 2.05) is 55.5 Å². The third-order valence-corrected chi connectivity index (χ3v) is 8.25. The lowest BCUT2D eigenvalue weighted by atomic mass is 10.1. The summed E-state index contributed by atoms with van der Waals surface area (Å²) in [4.78, 5) is 18.0. The molecule has 0 saturated carbocycles. The van der Waals surface area contributed by atoms with Crippen molar-refractivity contribution in [3.63, 3.8) is 0 Å². The lowest BCUT2D eigenvalue weighted by Crippen LogP contribution is -2.47. The molecular weight excluding hydrogens is 527 g/mol. The Morgan fingerprint density at radius 1 is 0.872 bits per heavy atom. The number of nitrogens with zero attached hydrogens (tertiary/aromatic N) is 3. The second-order valence-electron chi connectivity index (χ2n) is 9.98. The number of hydrogen-bond donors (Lipinski definition) is 1. The van der Waals surface area contributed by atoms with E-state index in [1.54, 1.807) is 0 Å². The minimum absolute atomic E-state index is 0.0167. The van der Waals surface area contributed by atoms with E-state index in [0.717, 1.165) is 73.9 Å². The molecule has 0 atom stereocenters. The van der Waals surface area contributed by atoms with Crippen LogP contribution in [-0.2, 0) is 6.54 Å². The zero-order valence-corrected chi connectivity index (χ0v) is 23.8. The van der Waals surface area contributed by atoms with E-state index in [0.29, 0.717) is 16.6 Å². The molecule has 0 aliphatic carbocycles. The first-order valence-electron chi connectivity index (χ1n) is 13.5. The van der Waals surface area contributed by atoms with Crippen LogP contribution in [-0.4, -0.2) is 54.6 Å². The molecule has 202 valence electrons. The molecule has 2 heterocycles. The van der Waals surface area contributed by atoms with Crippen molar-refractivity contribution in [2.24, 2.45) is 0 Å². The summed E-state index contributed by atoms with van der Waals surface area (Å²) in [5.41, 5.74) is 6.08. The van der Waals surface area contributed by atoms with Crippen molar-refractivity contribution in [3.05, 3.63) is 112 Å². The van der Waals surface area contributed by atoms with Gasteiger partial charge < -0.3 is 14.8 Å². The number of piperazine rings is 1. The van der Waals surface area contributed by atoms with Crippen molar-refractivity contribution in [2.75, 3.05) is 44.2 Å². The molecule has 1 N–H and O–H groups in total. The van der Waals surface area contributed by atoms with Crippen molar-refractivity contribution < 1.29 is 4.79 Å². The van der Waals surface area contributed by atoms with Crippen LogP contribution in [0.3, 0.4) is 0 Å². The predicted octanol–water partition coefficient (Wildman–Crippen LogP) is 6.76. The maximum Gasteiger partial charge on any atom is 0.253 e. The largest absolute Gasteiger partial charge is 0.368 e. The number of carbonyl (C=O) groups is 1. The topological polar surface area (TPSA) is 40.5 Å². The van der Waals surface area contributed by atoms with Crippen LogP contribution in [0.4, 0.5) is 5.69 Å². The van der Waals surface area contributed by atoms with Crippen LogP contribution in [0.2, 0.25) is 10.0 Å². The lowest BCUT2D eigenvalue weighted by Gasteiger charge is -2.36. The van der Waals surface area contributed by atoms with Gasteiger partial charge >= 0.3 is 0 Å². The van der Waals surface area contributed by atoms with Gasteiger partial charge in [0.05, 0.1) is 21.3 Å². The Hall–Kier alpha value is -3.25. The monoisotopic (exact) mass is 560 g/mol. The fraction of sp³-hybridized carbons (Fsp3) is 0.281. The molecule has 5 nitrogen and oxygen atoms in total. The van der Waals surface area contributed by atoms with Crippen LogP contribution in [0, 0.1) is 6.92 Å². The first kappa shape index (κ1) is 27.3. The Kier molecular flexibility index (Phi) is 8.92. The average molecular weight is 562 g/mol. The van der Waals surface area contributed by atoms with Crippen molar-refractivity contribution in [1.29, 1.82) is 0 Å². The van der Waals surface area contributed by atoms with Gasteiger partial charge in [-0.25, -0.2) is 0 Å². The molecule has 1 aromatic heterocycles. The first-order chi connectivity index (χ1) is 19.0. The van der Waals surface area contributed by atoms with Crippen LogP contribution >= 0.6 is 23.2 Å². The Morgan fingerprint density at radius 2 is 1.56 bits per heavy atom. The Morgan fingerprint density at radius 3 is 2.28 bits per heavy atom. The van der Waals surface area contributed by atoms with Gasteiger partial charge in [0.1, 0.15) is 0 Å². The van der Waals surface area contributed by atoms with Gasteiger partial charge in [0.25, 0.3) is 5.91 Å². The quantitative estimate of drug-likeness (QED) is 0.230. The fourth-order valence-electron chi connectivity index (χ4n) is 5.24. The zero-order chi connectivity index (χ0) is 27.2. The van der Waals surface area contributed by atoms with Gasteiger partial charge in [0.15, 0.2) is 0 Å². The molecule has 1 amide bonds. The number of carbonyl (C=O) groups excluding carboxylic acids is 1. The number of nitrogens with one attached hydrogen (secondary N) is 1. The molecule has 1 saturated heterocycles. The third-order valence-electron chi connectivity index (χ3n) is 7.45. The van der Waals surface area contributed by atoms with Gasteiger partial charge in [-0.05, 0) is 49.2 Å². The number of benzene rings is 3. The maximum absolute atomic E-state index is 13.3. The summed E-state index contributed by atoms with van der Waals surface area (Å²) in [7, 11) is 0. The Labute approximate surface area is 241 Å². The normalized spacial score (nSPS) is 14.0. The Balaban J connectivity index is 1.17. The van der Waals surface area contributed by atoms with E-state index in [2.05, 4.69) is 56.1 Å². The second-order valence-corrected chi connectivity index (χ2v) is 10.8. The van der Waals surface area contributed by atoms with E-state index in [1.165, 1.54) is 5.56 Å². The number of halogens is 2. The van der Waals surface area contributed by atoms with Crippen LogP contribution in [0.25, 0.3) is 11.3 Å². The van der Waals surface area contributed by atoms with Gasteiger partial charge in [-0.2, -0.15) is 0 Å². The lowest BCUT2D eigenvalue weighted by molar-refractivity contribution is 0.0950. The summed E-state index contributed by atoms with van der Waals surface area (Å²) in [6, 6.07) is 28.5. The van der Waals surface area contributed by atoms with E-state index >= 15 is 0 Å². The molecule has 1 aliphatic rings. The van der Waals surface area contributed by atoms with Crippen molar-refractivity contribution in [1.82, 2.24) is 14.8 Å². The third kappa shape index (κ3) is 6.50. The predicted molar refractivity (Wildman–Crippen MR) is 162 cm³/mol. The van der Waals surface area contributed by atoms with Gasteiger partial charge in [0, 0.05) is 50.7 Å². The smallest absolute Gasteiger partial charge is 0.253 e. The molecule has 1 aliphatic heterocycles. The van der Waals surface area contributed by atoms with Crippen LogP contribution in [0.5, 0.6) is 0 Å². The molecular formula is C32H34Cl2N4O. The molecule has 5 rings (SSSR count). The highest BCUT2D eigenvalue weighted by Crippen LogP contribution is 2.33. The van der Waals surface area contributed by atoms with Gasteiger partial charge in [0.2, 0.25) is 0 Å². The highest BCUT2D eigenvalue weighted by atomic mass is 35.5. The summed E-state index contributed by atoms with van der Waals surface area (Å²) < 4.78 is 2.24. The number of rotatable bonds is 9. The van der Waals surface area contributed by atoms with E-state index in [9.17, 15) is 4.79 Å². The summed E-state index contributed by atoms with van der Waals surface area (Å²) >= 11 is 12.6. The maximum atomic E-state index is 13.3. The van der Waals surface area contributed by atoms with E-state index in [4.69, 9.17) is 23.2 Å². The molecule has 4 aromatic rings. The summed E-state index contributed by atoms with van der Waals surface area (Å²) in [6.07, 6.45) is 0.902. The highest BCUT2D eigenvalue weighted by Gasteiger charge is 2.21. The first-order valence-corrected chi connectivity index (χ1v) is 14.3. The number of amides is 1. The molecule has 1 fully saturated rings. The van der Waals surface area contributed by atoms with Gasteiger partial charge in [-0.1, -0.05) is 89.9 Å². The van der Waals surface area contributed by atoms with E-state index < -0.39 is 0 Å². The van der Waals surface area contributed by atoms with Crippen molar-refractivity contribution >= 4 is 34.8 Å². The molecule has 7 heteroatoms. The van der Waals surface area contributed by atoms with Gasteiger partial charge in [-0.3, -0.25) is 9.69 Å². The Bertz CT molecular complexity index is 1400. The van der Waals surface area contributed by atoms with Crippen molar-refractivity contribution in [2.45, 2.75) is 19.9 Å². The fourth-order valence-corrected chi connectivity index (χ4v) is 5.66. The van der Waals surface area contributed by atoms with E-state index in [-0.39, 0.29) is 5.91 Å². The molecule has 0 bridgehead atoms. The number of anilines is 1. The summed E-state index contributed by atoms with van der Waals surface area (Å²) in [5.74, 6) is -0.0167. The SMILES string of the molecule is Cc1c(C(=O)NCCCN2CCN(c3cccc(Cl)c3Cl)CC2)cc(-c2ccccc2)n1Cc1ccccc1. The van der Waals surface area contributed by atoms with Crippen LogP contribution < -0.4 is 10.2 Å². The van der Waals surface area contributed by atoms with Crippen LogP contribution in [0.1, 0.15) is 28.0 Å². The highest BCUT2D eigenvalue weighted by molar-refractivity contribution is 6.43. The minimum atomic E-state index is -0.0167. The summed E-state index contributed by atoms with van der Waals surface area (Å²) in [6.45, 7) is 8.07. The average Bonchev–Trinajstić information content (AvgIpc) is 3.29. The van der Waals surface area contributed by atoms with Crippen molar-refractivity contribution in [3.8, 4) is 11.3 Å². The second kappa shape index (κ2) is 12.7. The van der Waals surface area contributed by atoms with Crippen LogP contribution in [0.15, 0.2) is 84.9 Å². The molecule has 0 radical (unpaired) electrons. The number of hydrogen-bond acceptors (Lipinski definition) is 3. The molecule has 0 spiro atoms.